The van der Waals surface area contributed by atoms with Crippen molar-refractivity contribution >= 4 is 29.1 Å². The standard InChI is InChI=1S/C14H18ClN5O2/c1-21-7-3-6-16-14-19-13(9-17-20-14)18-11-8-10(15)4-5-12(11)22-2/h4-5,8-9H,3,6-7H2,1-2H3,(H2,16,18,19,20). The van der Waals surface area contributed by atoms with Crippen LogP contribution in [0.4, 0.5) is 17.5 Å². The molecule has 1 aromatic carbocycles. The molecule has 1 aromatic heterocycles. The molecule has 0 atom stereocenters. The highest BCUT2D eigenvalue weighted by Crippen LogP contribution is 2.29. The first-order chi connectivity index (χ1) is 10.7. The minimum Gasteiger partial charge on any atom is -0.495 e. The number of anilines is 3. The fraction of sp³-hybridized carbons (Fsp3) is 0.357. The zero-order valence-electron chi connectivity index (χ0n) is 12.5. The van der Waals surface area contributed by atoms with Crippen LogP contribution in [0.15, 0.2) is 24.4 Å². The van der Waals surface area contributed by atoms with Crippen LogP contribution in [-0.2, 0) is 4.74 Å². The van der Waals surface area contributed by atoms with E-state index in [1.54, 1.807) is 32.4 Å². The van der Waals surface area contributed by atoms with E-state index in [4.69, 9.17) is 21.1 Å². The van der Waals surface area contributed by atoms with E-state index < -0.39 is 0 Å². The number of hydrogen-bond acceptors (Lipinski definition) is 7. The van der Waals surface area contributed by atoms with Crippen LogP contribution in [0.5, 0.6) is 5.75 Å². The highest BCUT2D eigenvalue weighted by Gasteiger charge is 2.06. The van der Waals surface area contributed by atoms with Gasteiger partial charge in [0.15, 0.2) is 5.82 Å². The molecule has 0 saturated carbocycles. The number of methoxy groups -OCH3 is 2. The van der Waals surface area contributed by atoms with Gasteiger partial charge in [0.05, 0.1) is 19.0 Å². The molecule has 0 aliphatic carbocycles. The average Bonchev–Trinajstić information content (AvgIpc) is 2.52. The molecule has 7 nitrogen and oxygen atoms in total. The van der Waals surface area contributed by atoms with Crippen molar-refractivity contribution in [3.8, 4) is 5.75 Å². The summed E-state index contributed by atoms with van der Waals surface area (Å²) in [6.07, 6.45) is 2.39. The molecule has 2 rings (SSSR count). The zero-order valence-corrected chi connectivity index (χ0v) is 13.2. The van der Waals surface area contributed by atoms with E-state index in [2.05, 4.69) is 25.8 Å². The molecule has 2 N–H and O–H groups in total. The van der Waals surface area contributed by atoms with Crippen LogP contribution in [0.3, 0.4) is 0 Å². The van der Waals surface area contributed by atoms with Crippen LogP contribution in [-0.4, -0.2) is 42.6 Å². The monoisotopic (exact) mass is 323 g/mol. The van der Waals surface area contributed by atoms with Crippen molar-refractivity contribution in [2.24, 2.45) is 0 Å². The molecule has 0 saturated heterocycles. The predicted molar refractivity (Wildman–Crippen MR) is 86.1 cm³/mol. The smallest absolute Gasteiger partial charge is 0.244 e. The van der Waals surface area contributed by atoms with E-state index >= 15 is 0 Å². The Kier molecular flexibility index (Phi) is 6.17. The molecule has 2 aromatic rings. The normalized spacial score (nSPS) is 10.3. The van der Waals surface area contributed by atoms with Gasteiger partial charge >= 0.3 is 0 Å². The van der Waals surface area contributed by atoms with Crippen molar-refractivity contribution in [1.29, 1.82) is 0 Å². The fourth-order valence-corrected chi connectivity index (χ4v) is 1.94. The van der Waals surface area contributed by atoms with Crippen LogP contribution in [0.1, 0.15) is 6.42 Å². The maximum atomic E-state index is 6.00. The van der Waals surface area contributed by atoms with E-state index in [-0.39, 0.29) is 0 Å². The molecule has 0 amide bonds. The molecule has 0 aliphatic rings. The Morgan fingerprint density at radius 3 is 2.91 bits per heavy atom. The van der Waals surface area contributed by atoms with Crippen LogP contribution in [0.2, 0.25) is 5.02 Å². The van der Waals surface area contributed by atoms with Gasteiger partial charge in [0.2, 0.25) is 5.95 Å². The van der Waals surface area contributed by atoms with Gasteiger partial charge in [-0.15, -0.1) is 5.10 Å². The Morgan fingerprint density at radius 2 is 2.14 bits per heavy atom. The summed E-state index contributed by atoms with van der Waals surface area (Å²) in [5.74, 6) is 1.66. The number of halogens is 1. The Labute approximate surface area is 134 Å². The highest BCUT2D eigenvalue weighted by atomic mass is 35.5. The second kappa shape index (κ2) is 8.35. The molecular formula is C14H18ClN5O2. The van der Waals surface area contributed by atoms with Gasteiger partial charge in [-0.1, -0.05) is 11.6 Å². The maximum Gasteiger partial charge on any atom is 0.244 e. The van der Waals surface area contributed by atoms with E-state index in [1.807, 2.05) is 0 Å². The molecule has 0 aliphatic heterocycles. The third-order valence-corrected chi connectivity index (χ3v) is 3.03. The van der Waals surface area contributed by atoms with Gasteiger partial charge in [0.25, 0.3) is 0 Å². The van der Waals surface area contributed by atoms with Crippen molar-refractivity contribution in [3.63, 3.8) is 0 Å². The van der Waals surface area contributed by atoms with Crippen molar-refractivity contribution in [2.45, 2.75) is 6.42 Å². The number of nitrogens with zero attached hydrogens (tertiary/aromatic N) is 3. The predicted octanol–water partition coefficient (Wildman–Crippen LogP) is 2.73. The van der Waals surface area contributed by atoms with Crippen molar-refractivity contribution < 1.29 is 9.47 Å². The fourth-order valence-electron chi connectivity index (χ4n) is 1.77. The van der Waals surface area contributed by atoms with Crippen LogP contribution >= 0.6 is 11.6 Å². The van der Waals surface area contributed by atoms with Crippen LogP contribution in [0.25, 0.3) is 0 Å². The number of nitrogens with one attached hydrogen (secondary N) is 2. The minimum absolute atomic E-state index is 0.446. The van der Waals surface area contributed by atoms with E-state index in [0.717, 1.165) is 6.42 Å². The van der Waals surface area contributed by atoms with Gasteiger partial charge in [-0.3, -0.25) is 0 Å². The lowest BCUT2D eigenvalue weighted by Gasteiger charge is -2.11. The average molecular weight is 324 g/mol. The van der Waals surface area contributed by atoms with Crippen LogP contribution in [0, 0.1) is 0 Å². The molecule has 0 unspecified atom stereocenters. The first-order valence-electron chi connectivity index (χ1n) is 6.76. The van der Waals surface area contributed by atoms with Crippen molar-refractivity contribution in [1.82, 2.24) is 15.2 Å². The number of rotatable bonds is 8. The summed E-state index contributed by atoms with van der Waals surface area (Å²) in [6.45, 7) is 1.39. The SMILES string of the molecule is COCCCNc1nncc(Nc2cc(Cl)ccc2OC)n1. The summed E-state index contributed by atoms with van der Waals surface area (Å²) in [5, 5.41) is 14.6. The molecule has 8 heteroatoms. The summed E-state index contributed by atoms with van der Waals surface area (Å²) in [4.78, 5) is 4.34. The molecule has 22 heavy (non-hydrogen) atoms. The summed E-state index contributed by atoms with van der Waals surface area (Å²) in [6, 6.07) is 5.30. The molecule has 1 heterocycles. The molecule has 0 radical (unpaired) electrons. The lowest BCUT2D eigenvalue weighted by molar-refractivity contribution is 0.197. The Bertz CT molecular complexity index is 612. The second-order valence-electron chi connectivity index (χ2n) is 4.41. The molecule has 0 bridgehead atoms. The number of benzene rings is 1. The third-order valence-electron chi connectivity index (χ3n) is 2.79. The summed E-state index contributed by atoms with van der Waals surface area (Å²) in [7, 11) is 3.26. The first kappa shape index (κ1) is 16.3. The number of ether oxygens (including phenoxy) is 2. The molecule has 118 valence electrons. The largest absolute Gasteiger partial charge is 0.495 e. The van der Waals surface area contributed by atoms with Crippen molar-refractivity contribution in [2.75, 3.05) is 38.0 Å². The van der Waals surface area contributed by atoms with Gasteiger partial charge in [0.1, 0.15) is 5.75 Å². The van der Waals surface area contributed by atoms with Crippen LogP contribution < -0.4 is 15.4 Å². The van der Waals surface area contributed by atoms with E-state index in [0.29, 0.717) is 41.4 Å². The Hall–Kier alpha value is -2.12. The lowest BCUT2D eigenvalue weighted by atomic mass is 10.3. The summed E-state index contributed by atoms with van der Waals surface area (Å²) in [5.41, 5.74) is 0.709. The topological polar surface area (TPSA) is 81.2 Å². The summed E-state index contributed by atoms with van der Waals surface area (Å²) >= 11 is 6.00. The lowest BCUT2D eigenvalue weighted by Crippen LogP contribution is -2.09. The molecular weight excluding hydrogens is 306 g/mol. The quantitative estimate of drug-likeness (QED) is 0.723. The van der Waals surface area contributed by atoms with Gasteiger partial charge in [-0.2, -0.15) is 10.1 Å². The van der Waals surface area contributed by atoms with Crippen molar-refractivity contribution in [3.05, 3.63) is 29.4 Å². The number of aromatic nitrogens is 3. The molecule has 0 fully saturated rings. The molecule has 0 spiro atoms. The van der Waals surface area contributed by atoms with Gasteiger partial charge in [-0.05, 0) is 24.6 Å². The first-order valence-corrected chi connectivity index (χ1v) is 7.14. The number of hydrogen-bond donors (Lipinski definition) is 2. The van der Waals surface area contributed by atoms with Gasteiger partial charge in [0, 0.05) is 25.3 Å². The third kappa shape index (κ3) is 4.71. The Morgan fingerprint density at radius 1 is 1.27 bits per heavy atom. The highest BCUT2D eigenvalue weighted by molar-refractivity contribution is 6.31. The van der Waals surface area contributed by atoms with E-state index in [1.165, 1.54) is 6.20 Å². The summed E-state index contributed by atoms with van der Waals surface area (Å²) < 4.78 is 10.3. The Balaban J connectivity index is 2.05. The van der Waals surface area contributed by atoms with Gasteiger partial charge in [-0.25, -0.2) is 0 Å². The zero-order chi connectivity index (χ0) is 15.8. The maximum absolute atomic E-state index is 6.00. The minimum atomic E-state index is 0.446. The second-order valence-corrected chi connectivity index (χ2v) is 4.84. The van der Waals surface area contributed by atoms with Gasteiger partial charge < -0.3 is 20.1 Å². The van der Waals surface area contributed by atoms with E-state index in [9.17, 15) is 0 Å².